The van der Waals surface area contributed by atoms with E-state index in [4.69, 9.17) is 10.4 Å². The normalized spacial score (nSPS) is 32.8. The Hall–Kier alpha value is -0.630. The Kier molecular flexibility index (Phi) is 4.16. The van der Waals surface area contributed by atoms with Crippen LogP contribution in [0.4, 0.5) is 0 Å². The summed E-state index contributed by atoms with van der Waals surface area (Å²) in [5.41, 5.74) is 0. The van der Waals surface area contributed by atoms with Gasteiger partial charge in [0, 0.05) is 38.8 Å². The van der Waals surface area contributed by atoms with Gasteiger partial charge in [-0.3, -0.25) is 9.80 Å². The molecule has 0 aromatic carbocycles. The first-order valence-corrected chi connectivity index (χ1v) is 6.32. The molecule has 2 unspecified atom stereocenters. The molecule has 0 bridgehead atoms. The van der Waals surface area contributed by atoms with Crippen molar-refractivity contribution < 1.29 is 5.11 Å². The van der Waals surface area contributed by atoms with Crippen molar-refractivity contribution in [1.82, 2.24) is 9.80 Å². The summed E-state index contributed by atoms with van der Waals surface area (Å²) in [6.07, 6.45) is 3.48. The number of hydrogen-bond donors (Lipinski definition) is 1. The first-order chi connectivity index (χ1) is 7.85. The summed E-state index contributed by atoms with van der Waals surface area (Å²) in [7, 11) is 0. The minimum Gasteiger partial charge on any atom is -0.395 e. The monoisotopic (exact) mass is 223 g/mol. The van der Waals surface area contributed by atoms with Crippen molar-refractivity contribution in [3.63, 3.8) is 0 Å². The van der Waals surface area contributed by atoms with Crippen molar-refractivity contribution in [2.75, 3.05) is 39.3 Å². The van der Waals surface area contributed by atoms with Gasteiger partial charge in [0.05, 0.1) is 18.6 Å². The Morgan fingerprint density at radius 2 is 1.94 bits per heavy atom. The van der Waals surface area contributed by atoms with Crippen LogP contribution in [0.3, 0.4) is 0 Å². The lowest BCUT2D eigenvalue weighted by Gasteiger charge is -2.38. The molecule has 2 aliphatic rings. The van der Waals surface area contributed by atoms with Gasteiger partial charge in [0.1, 0.15) is 0 Å². The maximum absolute atomic E-state index is 9.08. The zero-order chi connectivity index (χ0) is 11.4. The number of aliphatic hydroxyl groups is 1. The lowest BCUT2D eigenvalue weighted by Crippen LogP contribution is -2.51. The molecular formula is C12H21N3O. The van der Waals surface area contributed by atoms with E-state index in [2.05, 4.69) is 15.9 Å². The quantitative estimate of drug-likeness (QED) is 0.747. The molecule has 90 valence electrons. The second kappa shape index (κ2) is 5.62. The van der Waals surface area contributed by atoms with Crippen LogP contribution in [0.25, 0.3) is 0 Å². The van der Waals surface area contributed by atoms with Gasteiger partial charge in [-0.1, -0.05) is 6.42 Å². The van der Waals surface area contributed by atoms with Crippen molar-refractivity contribution >= 4 is 0 Å². The maximum Gasteiger partial charge on any atom is 0.0672 e. The molecule has 1 saturated heterocycles. The van der Waals surface area contributed by atoms with Gasteiger partial charge in [0.15, 0.2) is 0 Å². The average molecular weight is 223 g/mol. The molecule has 1 heterocycles. The summed E-state index contributed by atoms with van der Waals surface area (Å²) in [6.45, 7) is 5.24. The van der Waals surface area contributed by atoms with E-state index in [-0.39, 0.29) is 12.5 Å². The molecule has 1 aliphatic carbocycles. The van der Waals surface area contributed by atoms with E-state index < -0.39 is 0 Å². The summed E-state index contributed by atoms with van der Waals surface area (Å²) in [5.74, 6) is 0.254. The smallest absolute Gasteiger partial charge is 0.0672 e. The van der Waals surface area contributed by atoms with E-state index in [9.17, 15) is 0 Å². The largest absolute Gasteiger partial charge is 0.395 e. The lowest BCUT2D eigenvalue weighted by molar-refractivity contribution is 0.0773. The molecule has 2 atom stereocenters. The number of rotatable bonds is 3. The van der Waals surface area contributed by atoms with Crippen LogP contribution in [0.2, 0.25) is 0 Å². The molecule has 2 fully saturated rings. The molecule has 0 amide bonds. The van der Waals surface area contributed by atoms with Gasteiger partial charge in [-0.25, -0.2) is 0 Å². The van der Waals surface area contributed by atoms with E-state index in [0.717, 1.165) is 39.1 Å². The zero-order valence-corrected chi connectivity index (χ0v) is 9.81. The van der Waals surface area contributed by atoms with Crippen LogP contribution < -0.4 is 0 Å². The predicted molar refractivity (Wildman–Crippen MR) is 61.8 cm³/mol. The molecular weight excluding hydrogens is 202 g/mol. The predicted octanol–water partition coefficient (Wildman–Crippen LogP) is 0.289. The van der Waals surface area contributed by atoms with Crippen molar-refractivity contribution in [2.24, 2.45) is 5.92 Å². The second-order valence-electron chi connectivity index (χ2n) is 4.84. The van der Waals surface area contributed by atoms with Gasteiger partial charge in [-0.2, -0.15) is 5.26 Å². The number of piperazine rings is 1. The summed E-state index contributed by atoms with van der Waals surface area (Å²) in [4.78, 5) is 4.78. The summed E-state index contributed by atoms with van der Waals surface area (Å²) < 4.78 is 0. The van der Waals surface area contributed by atoms with E-state index in [1.165, 1.54) is 12.8 Å². The lowest BCUT2D eigenvalue weighted by atomic mass is 10.0. The van der Waals surface area contributed by atoms with Crippen LogP contribution in [-0.2, 0) is 0 Å². The zero-order valence-electron chi connectivity index (χ0n) is 9.81. The van der Waals surface area contributed by atoms with E-state index in [1.54, 1.807) is 0 Å². The fraction of sp³-hybridized carbons (Fsp3) is 0.917. The Balaban J connectivity index is 1.82. The number of β-amino-alcohol motifs (C(OH)–C–C–N with tert-alkyl or cyclic N) is 1. The van der Waals surface area contributed by atoms with Gasteiger partial charge in [0.25, 0.3) is 0 Å². The molecule has 1 N–H and O–H groups in total. The first kappa shape index (κ1) is 11.8. The Labute approximate surface area is 97.4 Å². The summed E-state index contributed by atoms with van der Waals surface area (Å²) in [6, 6.07) is 2.95. The number of aliphatic hydroxyl groups excluding tert-OH is 1. The minimum atomic E-state index is 0.254. The fourth-order valence-corrected chi connectivity index (χ4v) is 2.99. The van der Waals surface area contributed by atoms with Crippen LogP contribution >= 0.6 is 0 Å². The summed E-state index contributed by atoms with van der Waals surface area (Å²) >= 11 is 0. The Morgan fingerprint density at radius 3 is 2.56 bits per heavy atom. The molecule has 4 heteroatoms. The van der Waals surface area contributed by atoms with E-state index in [1.807, 2.05) is 0 Å². The molecule has 0 radical (unpaired) electrons. The highest BCUT2D eigenvalue weighted by molar-refractivity contribution is 4.98. The molecule has 16 heavy (non-hydrogen) atoms. The highest BCUT2D eigenvalue weighted by atomic mass is 16.3. The first-order valence-electron chi connectivity index (χ1n) is 6.32. The third-order valence-corrected chi connectivity index (χ3v) is 3.94. The molecule has 0 aromatic heterocycles. The third kappa shape index (κ3) is 2.54. The highest BCUT2D eigenvalue weighted by Crippen LogP contribution is 2.29. The maximum atomic E-state index is 9.08. The van der Waals surface area contributed by atoms with Crippen molar-refractivity contribution in [3.05, 3.63) is 0 Å². The van der Waals surface area contributed by atoms with E-state index >= 15 is 0 Å². The van der Waals surface area contributed by atoms with Crippen LogP contribution in [0.1, 0.15) is 19.3 Å². The standard InChI is InChI=1S/C12H21N3O/c13-10-11-2-1-3-12(11)15-6-4-14(5-7-15)8-9-16/h11-12,16H,1-9H2. The molecule has 0 aromatic rings. The van der Waals surface area contributed by atoms with Crippen LogP contribution in [0.15, 0.2) is 0 Å². The van der Waals surface area contributed by atoms with Gasteiger partial charge < -0.3 is 5.11 Å². The Bertz CT molecular complexity index is 255. The topological polar surface area (TPSA) is 50.5 Å². The van der Waals surface area contributed by atoms with Crippen LogP contribution in [0, 0.1) is 17.2 Å². The SMILES string of the molecule is N#CC1CCCC1N1CCN(CCO)CC1. The van der Waals surface area contributed by atoms with Crippen molar-refractivity contribution in [3.8, 4) is 6.07 Å². The van der Waals surface area contributed by atoms with Gasteiger partial charge in [0.2, 0.25) is 0 Å². The second-order valence-corrected chi connectivity index (χ2v) is 4.84. The third-order valence-electron chi connectivity index (χ3n) is 3.94. The van der Waals surface area contributed by atoms with Crippen molar-refractivity contribution in [2.45, 2.75) is 25.3 Å². The van der Waals surface area contributed by atoms with E-state index in [0.29, 0.717) is 6.04 Å². The Morgan fingerprint density at radius 1 is 1.19 bits per heavy atom. The average Bonchev–Trinajstić information content (AvgIpc) is 2.78. The highest BCUT2D eigenvalue weighted by Gasteiger charge is 2.33. The van der Waals surface area contributed by atoms with Gasteiger partial charge >= 0.3 is 0 Å². The minimum absolute atomic E-state index is 0.254. The molecule has 0 spiro atoms. The number of nitriles is 1. The van der Waals surface area contributed by atoms with Crippen LogP contribution in [0.5, 0.6) is 0 Å². The molecule has 2 rings (SSSR count). The van der Waals surface area contributed by atoms with Crippen LogP contribution in [-0.4, -0.2) is 60.3 Å². The fourth-order valence-electron chi connectivity index (χ4n) is 2.99. The number of hydrogen-bond acceptors (Lipinski definition) is 4. The molecule has 4 nitrogen and oxygen atoms in total. The molecule has 1 saturated carbocycles. The van der Waals surface area contributed by atoms with Crippen molar-refractivity contribution in [1.29, 1.82) is 5.26 Å². The van der Waals surface area contributed by atoms with Gasteiger partial charge in [-0.05, 0) is 12.8 Å². The molecule has 1 aliphatic heterocycles. The summed E-state index contributed by atoms with van der Waals surface area (Å²) in [5, 5.41) is 18.0. The number of nitrogens with zero attached hydrogens (tertiary/aromatic N) is 3. The van der Waals surface area contributed by atoms with Gasteiger partial charge in [-0.15, -0.1) is 0 Å².